The molecule has 1 heterocycles. The number of aliphatic hydroxyl groups is 1. The SMILES string of the molecule is C=CC[C@@H](C)O.C[C@@H]1CO1. The molecule has 0 spiro atoms. The van der Waals surface area contributed by atoms with Gasteiger partial charge in [-0.15, -0.1) is 6.58 Å². The van der Waals surface area contributed by atoms with Crippen molar-refractivity contribution >= 4 is 0 Å². The molecule has 0 aromatic rings. The zero-order valence-corrected chi connectivity index (χ0v) is 6.71. The molecule has 0 aromatic carbocycles. The molecule has 0 bridgehead atoms. The average molecular weight is 144 g/mol. The Labute approximate surface area is 62.5 Å². The summed E-state index contributed by atoms with van der Waals surface area (Å²) in [7, 11) is 0. The molecule has 0 amide bonds. The second kappa shape index (κ2) is 5.45. The molecule has 1 rings (SSSR count). The van der Waals surface area contributed by atoms with E-state index in [9.17, 15) is 0 Å². The third-order valence-electron chi connectivity index (χ3n) is 1.01. The summed E-state index contributed by atoms with van der Waals surface area (Å²) < 4.78 is 4.71. The van der Waals surface area contributed by atoms with E-state index in [1.807, 2.05) is 0 Å². The monoisotopic (exact) mass is 144 g/mol. The van der Waals surface area contributed by atoms with E-state index in [2.05, 4.69) is 13.5 Å². The summed E-state index contributed by atoms with van der Waals surface area (Å²) in [5, 5.41) is 8.48. The van der Waals surface area contributed by atoms with Gasteiger partial charge in [-0.2, -0.15) is 0 Å². The standard InChI is InChI=1S/C5H10O.C3H6O/c1-3-4-5(2)6;1-3-2-4-3/h3,5-6H,1,4H2,2H3;3H,2H2,1H3/t5-;3-/m11/s1. The molecule has 2 atom stereocenters. The van der Waals surface area contributed by atoms with E-state index in [0.29, 0.717) is 12.5 Å². The topological polar surface area (TPSA) is 32.8 Å². The van der Waals surface area contributed by atoms with Gasteiger partial charge in [-0.25, -0.2) is 0 Å². The maximum atomic E-state index is 8.48. The number of hydrogen-bond acceptors (Lipinski definition) is 2. The molecule has 2 nitrogen and oxygen atoms in total. The normalized spacial score (nSPS) is 24.1. The number of aliphatic hydroxyl groups excluding tert-OH is 1. The van der Waals surface area contributed by atoms with Crippen LogP contribution in [0.4, 0.5) is 0 Å². The molecule has 0 aromatic heterocycles. The van der Waals surface area contributed by atoms with Crippen LogP contribution in [-0.4, -0.2) is 23.9 Å². The zero-order chi connectivity index (χ0) is 7.98. The van der Waals surface area contributed by atoms with Crippen molar-refractivity contribution in [3.05, 3.63) is 12.7 Å². The van der Waals surface area contributed by atoms with Gasteiger partial charge in [0, 0.05) is 0 Å². The first kappa shape index (κ1) is 9.66. The molecule has 1 aliphatic rings. The van der Waals surface area contributed by atoms with E-state index in [1.54, 1.807) is 13.0 Å². The van der Waals surface area contributed by atoms with Gasteiger partial charge in [0.2, 0.25) is 0 Å². The van der Waals surface area contributed by atoms with Gasteiger partial charge >= 0.3 is 0 Å². The van der Waals surface area contributed by atoms with E-state index in [1.165, 1.54) is 0 Å². The average Bonchev–Trinajstić information content (AvgIpc) is 2.52. The van der Waals surface area contributed by atoms with Crippen molar-refractivity contribution in [2.24, 2.45) is 0 Å². The van der Waals surface area contributed by atoms with Crippen LogP contribution in [-0.2, 0) is 4.74 Å². The number of ether oxygens (including phenoxy) is 1. The van der Waals surface area contributed by atoms with Crippen LogP contribution in [0.2, 0.25) is 0 Å². The van der Waals surface area contributed by atoms with Crippen molar-refractivity contribution in [1.29, 1.82) is 0 Å². The van der Waals surface area contributed by atoms with Crippen molar-refractivity contribution in [3.8, 4) is 0 Å². The first-order chi connectivity index (χ1) is 4.66. The van der Waals surface area contributed by atoms with Gasteiger partial charge in [0.05, 0.1) is 18.8 Å². The lowest BCUT2D eigenvalue weighted by molar-refractivity contribution is 0.198. The highest BCUT2D eigenvalue weighted by Crippen LogP contribution is 2.04. The Kier molecular flexibility index (Phi) is 5.26. The Hall–Kier alpha value is -0.340. The van der Waals surface area contributed by atoms with Crippen molar-refractivity contribution in [2.75, 3.05) is 6.61 Å². The number of rotatable bonds is 2. The van der Waals surface area contributed by atoms with Crippen LogP contribution in [0.3, 0.4) is 0 Å². The Morgan fingerprint density at radius 1 is 1.90 bits per heavy atom. The fourth-order valence-corrected chi connectivity index (χ4v) is 0.337. The summed E-state index contributed by atoms with van der Waals surface area (Å²) in [6.45, 7) is 8.22. The van der Waals surface area contributed by atoms with E-state index < -0.39 is 0 Å². The minimum Gasteiger partial charge on any atom is -0.393 e. The molecular formula is C8H16O2. The van der Waals surface area contributed by atoms with Crippen molar-refractivity contribution in [2.45, 2.75) is 32.5 Å². The van der Waals surface area contributed by atoms with Crippen molar-refractivity contribution in [1.82, 2.24) is 0 Å². The zero-order valence-electron chi connectivity index (χ0n) is 6.71. The summed E-state index contributed by atoms with van der Waals surface area (Å²) in [6.07, 6.45) is 2.76. The van der Waals surface area contributed by atoms with Crippen LogP contribution >= 0.6 is 0 Å². The maximum absolute atomic E-state index is 8.48. The number of epoxide rings is 1. The minimum atomic E-state index is -0.220. The highest BCUT2D eigenvalue weighted by molar-refractivity contribution is 4.68. The second-order valence-corrected chi connectivity index (χ2v) is 2.52. The van der Waals surface area contributed by atoms with Gasteiger partial charge < -0.3 is 9.84 Å². The lowest BCUT2D eigenvalue weighted by Gasteiger charge is -1.92. The third kappa shape index (κ3) is 10.6. The Bertz CT molecular complexity index is 85.3. The maximum Gasteiger partial charge on any atom is 0.0781 e. The quantitative estimate of drug-likeness (QED) is 0.468. The molecule has 0 aliphatic carbocycles. The molecule has 1 N–H and O–H groups in total. The fraction of sp³-hybridized carbons (Fsp3) is 0.750. The highest BCUT2D eigenvalue weighted by atomic mass is 16.6. The molecular weight excluding hydrogens is 128 g/mol. The summed E-state index contributed by atoms with van der Waals surface area (Å²) in [4.78, 5) is 0. The van der Waals surface area contributed by atoms with E-state index >= 15 is 0 Å². The van der Waals surface area contributed by atoms with Gasteiger partial charge in [-0.05, 0) is 20.3 Å². The Morgan fingerprint density at radius 3 is 2.30 bits per heavy atom. The van der Waals surface area contributed by atoms with Crippen molar-refractivity contribution in [3.63, 3.8) is 0 Å². The van der Waals surface area contributed by atoms with E-state index in [4.69, 9.17) is 9.84 Å². The fourth-order valence-electron chi connectivity index (χ4n) is 0.337. The highest BCUT2D eigenvalue weighted by Gasteiger charge is 2.13. The lowest BCUT2D eigenvalue weighted by atomic mass is 10.3. The Balaban J connectivity index is 0.000000172. The molecule has 1 fully saturated rings. The summed E-state index contributed by atoms with van der Waals surface area (Å²) in [5.74, 6) is 0. The van der Waals surface area contributed by atoms with E-state index in [0.717, 1.165) is 6.61 Å². The molecule has 1 aliphatic heterocycles. The van der Waals surface area contributed by atoms with E-state index in [-0.39, 0.29) is 6.10 Å². The molecule has 1 saturated heterocycles. The molecule has 2 heteroatoms. The predicted octanol–water partition coefficient (Wildman–Crippen LogP) is 1.35. The van der Waals surface area contributed by atoms with Crippen LogP contribution in [0.15, 0.2) is 12.7 Å². The van der Waals surface area contributed by atoms with Gasteiger partial charge in [0.1, 0.15) is 0 Å². The van der Waals surface area contributed by atoms with Crippen LogP contribution < -0.4 is 0 Å². The lowest BCUT2D eigenvalue weighted by Crippen LogP contribution is -1.94. The van der Waals surface area contributed by atoms with Gasteiger partial charge in [0.25, 0.3) is 0 Å². The largest absolute Gasteiger partial charge is 0.393 e. The van der Waals surface area contributed by atoms with Crippen molar-refractivity contribution < 1.29 is 9.84 Å². The smallest absolute Gasteiger partial charge is 0.0781 e. The van der Waals surface area contributed by atoms with Gasteiger partial charge in [-0.3, -0.25) is 0 Å². The van der Waals surface area contributed by atoms with Crippen LogP contribution in [0.5, 0.6) is 0 Å². The summed E-state index contributed by atoms with van der Waals surface area (Å²) in [5.41, 5.74) is 0. The molecule has 10 heavy (non-hydrogen) atoms. The Morgan fingerprint density at radius 2 is 2.30 bits per heavy atom. The predicted molar refractivity (Wildman–Crippen MR) is 41.9 cm³/mol. The minimum absolute atomic E-state index is 0.220. The first-order valence-corrected chi connectivity index (χ1v) is 3.57. The van der Waals surface area contributed by atoms with Gasteiger partial charge in [0.15, 0.2) is 0 Å². The van der Waals surface area contributed by atoms with Crippen LogP contribution in [0, 0.1) is 0 Å². The molecule has 60 valence electrons. The molecule has 0 unspecified atom stereocenters. The van der Waals surface area contributed by atoms with Crippen LogP contribution in [0.25, 0.3) is 0 Å². The summed E-state index contributed by atoms with van der Waals surface area (Å²) in [6, 6.07) is 0. The summed E-state index contributed by atoms with van der Waals surface area (Å²) >= 11 is 0. The van der Waals surface area contributed by atoms with Gasteiger partial charge in [-0.1, -0.05) is 6.08 Å². The van der Waals surface area contributed by atoms with Crippen LogP contribution in [0.1, 0.15) is 20.3 Å². The number of hydrogen-bond donors (Lipinski definition) is 1. The third-order valence-corrected chi connectivity index (χ3v) is 1.01. The first-order valence-electron chi connectivity index (χ1n) is 3.57. The molecule has 0 radical (unpaired) electrons. The molecule has 0 saturated carbocycles. The second-order valence-electron chi connectivity index (χ2n) is 2.52.